The van der Waals surface area contributed by atoms with Crippen molar-refractivity contribution in [1.29, 1.82) is 0 Å². The highest BCUT2D eigenvalue weighted by Gasteiger charge is 2.24. The van der Waals surface area contributed by atoms with Crippen molar-refractivity contribution in [3.63, 3.8) is 0 Å². The molecule has 0 amide bonds. The van der Waals surface area contributed by atoms with Crippen molar-refractivity contribution in [3.8, 4) is 0 Å². The largest absolute Gasteiger partial charge is 0.351 e. The van der Waals surface area contributed by atoms with Crippen LogP contribution < -0.4 is 10.2 Å². The number of halogens is 1. The molecule has 0 aromatic carbocycles. The van der Waals surface area contributed by atoms with Gasteiger partial charge >= 0.3 is 0 Å². The first-order chi connectivity index (χ1) is 7.31. The summed E-state index contributed by atoms with van der Waals surface area (Å²) in [6.07, 6.45) is 2.43. The average molecular weight is 227 g/mol. The molecule has 0 radical (unpaired) electrons. The monoisotopic (exact) mass is 226 g/mol. The first-order valence-electron chi connectivity index (χ1n) is 5.21. The van der Waals surface area contributed by atoms with Gasteiger partial charge in [0.1, 0.15) is 0 Å². The van der Waals surface area contributed by atoms with Crippen molar-refractivity contribution in [2.24, 2.45) is 0 Å². The molecule has 1 unspecified atom stereocenters. The maximum atomic E-state index is 5.71. The van der Waals surface area contributed by atoms with E-state index in [0.29, 0.717) is 11.2 Å². The standard InChI is InChI=1S/C10H15ClN4/c1-12-7-8-3-2-6-15(8)10-5-4-9(11)13-14-10/h4-5,8,12H,2-3,6-7H2,1H3. The molecule has 0 spiro atoms. The normalized spacial score (nSPS) is 20.9. The summed E-state index contributed by atoms with van der Waals surface area (Å²) in [6, 6.07) is 4.26. The zero-order valence-electron chi connectivity index (χ0n) is 8.78. The molecule has 15 heavy (non-hydrogen) atoms. The van der Waals surface area contributed by atoms with E-state index in [1.54, 1.807) is 6.07 Å². The number of hydrogen-bond acceptors (Lipinski definition) is 4. The van der Waals surface area contributed by atoms with Crippen LogP contribution in [0.5, 0.6) is 0 Å². The minimum Gasteiger partial charge on any atom is -0.351 e. The van der Waals surface area contributed by atoms with Crippen molar-refractivity contribution >= 4 is 17.4 Å². The molecule has 0 bridgehead atoms. The predicted molar refractivity (Wildman–Crippen MR) is 61.3 cm³/mol. The van der Waals surface area contributed by atoms with E-state index >= 15 is 0 Å². The Morgan fingerprint density at radius 2 is 2.40 bits per heavy atom. The third-order valence-electron chi connectivity index (χ3n) is 2.73. The second-order valence-corrected chi connectivity index (χ2v) is 4.15. The van der Waals surface area contributed by atoms with Gasteiger partial charge in [-0.05, 0) is 32.0 Å². The highest BCUT2D eigenvalue weighted by molar-refractivity contribution is 6.29. The van der Waals surface area contributed by atoms with E-state index in [1.165, 1.54) is 12.8 Å². The Morgan fingerprint density at radius 3 is 3.07 bits per heavy atom. The quantitative estimate of drug-likeness (QED) is 0.844. The SMILES string of the molecule is CNCC1CCCN1c1ccc(Cl)nn1. The van der Waals surface area contributed by atoms with Crippen LogP contribution in [0.4, 0.5) is 5.82 Å². The van der Waals surface area contributed by atoms with Crippen molar-refractivity contribution in [3.05, 3.63) is 17.3 Å². The van der Waals surface area contributed by atoms with Gasteiger partial charge in [0.05, 0.1) is 0 Å². The topological polar surface area (TPSA) is 41.0 Å². The molecule has 1 N–H and O–H groups in total. The highest BCUT2D eigenvalue weighted by Crippen LogP contribution is 2.23. The molecule has 1 aromatic rings. The van der Waals surface area contributed by atoms with Gasteiger partial charge in [0.15, 0.2) is 11.0 Å². The summed E-state index contributed by atoms with van der Waals surface area (Å²) in [5, 5.41) is 11.6. The van der Waals surface area contributed by atoms with Crippen molar-refractivity contribution in [2.45, 2.75) is 18.9 Å². The molecular formula is C10H15ClN4. The number of likely N-dealkylation sites (N-methyl/N-ethyl adjacent to an activating group) is 1. The molecule has 0 saturated carbocycles. The van der Waals surface area contributed by atoms with Crippen LogP contribution in [0.1, 0.15) is 12.8 Å². The van der Waals surface area contributed by atoms with Crippen LogP contribution >= 0.6 is 11.6 Å². The van der Waals surface area contributed by atoms with Gasteiger partial charge in [-0.2, -0.15) is 0 Å². The molecule has 2 heterocycles. The van der Waals surface area contributed by atoms with E-state index in [-0.39, 0.29) is 0 Å². The van der Waals surface area contributed by atoms with Crippen molar-refractivity contribution in [2.75, 3.05) is 25.0 Å². The lowest BCUT2D eigenvalue weighted by molar-refractivity contribution is 0.609. The lowest BCUT2D eigenvalue weighted by Crippen LogP contribution is -2.37. The van der Waals surface area contributed by atoms with Gasteiger partial charge in [0.25, 0.3) is 0 Å². The molecular weight excluding hydrogens is 212 g/mol. The fourth-order valence-corrected chi connectivity index (χ4v) is 2.15. The van der Waals surface area contributed by atoms with E-state index < -0.39 is 0 Å². The van der Waals surface area contributed by atoms with Gasteiger partial charge < -0.3 is 10.2 Å². The summed E-state index contributed by atoms with van der Waals surface area (Å²) < 4.78 is 0. The number of aromatic nitrogens is 2. The van der Waals surface area contributed by atoms with Crippen LogP contribution in [0, 0.1) is 0 Å². The number of nitrogens with zero attached hydrogens (tertiary/aromatic N) is 3. The summed E-state index contributed by atoms with van der Waals surface area (Å²) in [5.74, 6) is 0.928. The smallest absolute Gasteiger partial charge is 0.151 e. The van der Waals surface area contributed by atoms with Crippen molar-refractivity contribution in [1.82, 2.24) is 15.5 Å². The summed E-state index contributed by atoms with van der Waals surface area (Å²) in [5.41, 5.74) is 0. The van der Waals surface area contributed by atoms with E-state index in [1.807, 2.05) is 13.1 Å². The van der Waals surface area contributed by atoms with Gasteiger partial charge in [0, 0.05) is 19.1 Å². The number of anilines is 1. The molecule has 1 atom stereocenters. The second kappa shape index (κ2) is 4.77. The van der Waals surface area contributed by atoms with Gasteiger partial charge in [0.2, 0.25) is 0 Å². The number of rotatable bonds is 3. The minimum absolute atomic E-state index is 0.447. The molecule has 4 nitrogen and oxygen atoms in total. The van der Waals surface area contributed by atoms with E-state index in [2.05, 4.69) is 20.4 Å². The predicted octanol–water partition coefficient (Wildman–Crippen LogP) is 1.32. The van der Waals surface area contributed by atoms with Crippen molar-refractivity contribution < 1.29 is 0 Å². The van der Waals surface area contributed by atoms with Crippen LogP contribution in [0.2, 0.25) is 5.15 Å². The van der Waals surface area contributed by atoms with Gasteiger partial charge in [-0.15, -0.1) is 10.2 Å². The summed E-state index contributed by atoms with van der Waals surface area (Å²) in [4.78, 5) is 2.29. The molecule has 1 aliphatic heterocycles. The molecule has 5 heteroatoms. The molecule has 1 fully saturated rings. The maximum absolute atomic E-state index is 5.71. The summed E-state index contributed by atoms with van der Waals surface area (Å²) in [7, 11) is 1.98. The molecule has 82 valence electrons. The van der Waals surface area contributed by atoms with Crippen LogP contribution in [0.15, 0.2) is 12.1 Å². The van der Waals surface area contributed by atoms with E-state index in [0.717, 1.165) is 18.9 Å². The van der Waals surface area contributed by atoms with Crippen LogP contribution in [-0.4, -0.2) is 36.4 Å². The van der Waals surface area contributed by atoms with Gasteiger partial charge in [-0.3, -0.25) is 0 Å². The third kappa shape index (κ3) is 2.38. The maximum Gasteiger partial charge on any atom is 0.151 e. The lowest BCUT2D eigenvalue weighted by atomic mass is 10.2. The first-order valence-corrected chi connectivity index (χ1v) is 5.59. The Balaban J connectivity index is 2.11. The minimum atomic E-state index is 0.447. The number of nitrogens with one attached hydrogen (secondary N) is 1. The van der Waals surface area contributed by atoms with Gasteiger partial charge in [-0.25, -0.2) is 0 Å². The Morgan fingerprint density at radius 1 is 1.53 bits per heavy atom. The molecule has 2 rings (SSSR count). The Hall–Kier alpha value is -0.870. The third-order valence-corrected chi connectivity index (χ3v) is 2.93. The Bertz CT molecular complexity index is 314. The van der Waals surface area contributed by atoms with E-state index in [9.17, 15) is 0 Å². The van der Waals surface area contributed by atoms with Crippen LogP contribution in [0.25, 0.3) is 0 Å². The first kappa shape index (κ1) is 10.6. The fraction of sp³-hybridized carbons (Fsp3) is 0.600. The summed E-state index contributed by atoms with van der Waals surface area (Å²) >= 11 is 5.71. The zero-order chi connectivity index (χ0) is 10.7. The fourth-order valence-electron chi connectivity index (χ4n) is 2.05. The second-order valence-electron chi connectivity index (χ2n) is 3.76. The average Bonchev–Trinajstić information content (AvgIpc) is 2.68. The Kier molecular flexibility index (Phi) is 3.38. The molecule has 1 aliphatic rings. The summed E-state index contributed by atoms with van der Waals surface area (Å²) in [6.45, 7) is 2.05. The van der Waals surface area contributed by atoms with Crippen LogP contribution in [-0.2, 0) is 0 Å². The zero-order valence-corrected chi connectivity index (χ0v) is 9.54. The number of hydrogen-bond donors (Lipinski definition) is 1. The van der Waals surface area contributed by atoms with E-state index in [4.69, 9.17) is 11.6 Å². The molecule has 0 aliphatic carbocycles. The highest BCUT2D eigenvalue weighted by atomic mass is 35.5. The molecule has 1 aromatic heterocycles. The Labute approximate surface area is 94.6 Å². The molecule has 1 saturated heterocycles. The van der Waals surface area contributed by atoms with Crippen LogP contribution in [0.3, 0.4) is 0 Å². The lowest BCUT2D eigenvalue weighted by Gasteiger charge is -2.24. The van der Waals surface area contributed by atoms with Gasteiger partial charge in [-0.1, -0.05) is 11.6 Å².